The molecule has 1 aliphatic rings. The number of imide groups is 1. The molecule has 0 aliphatic carbocycles. The van der Waals surface area contributed by atoms with Crippen LogP contribution in [0.4, 0.5) is 0 Å². The lowest BCUT2D eigenvalue weighted by Gasteiger charge is -2.14. The van der Waals surface area contributed by atoms with Gasteiger partial charge in [-0.15, -0.1) is 0 Å². The number of carbonyl (C=O) groups excluding carboxylic acids is 3. The van der Waals surface area contributed by atoms with E-state index in [-0.39, 0.29) is 27.7 Å². The van der Waals surface area contributed by atoms with Gasteiger partial charge in [0.2, 0.25) is 5.91 Å². The normalized spacial score (nSPS) is 13.0. The van der Waals surface area contributed by atoms with E-state index in [1.54, 1.807) is 6.07 Å². The van der Waals surface area contributed by atoms with Gasteiger partial charge in [0.1, 0.15) is 12.3 Å². The average Bonchev–Trinajstić information content (AvgIpc) is 2.85. The molecule has 2 aromatic rings. The van der Waals surface area contributed by atoms with Gasteiger partial charge in [0.15, 0.2) is 0 Å². The van der Waals surface area contributed by atoms with E-state index in [2.05, 4.69) is 5.32 Å². The fraction of sp³-hybridized carbons (Fsp3) is 0.167. The van der Waals surface area contributed by atoms with Crippen molar-refractivity contribution in [3.8, 4) is 5.75 Å². The van der Waals surface area contributed by atoms with E-state index in [4.69, 9.17) is 27.9 Å². The number of hydrogen-bond acceptors (Lipinski definition) is 4. The first-order valence-electron chi connectivity index (χ1n) is 7.66. The minimum atomic E-state index is -0.573. The van der Waals surface area contributed by atoms with Gasteiger partial charge in [0, 0.05) is 12.1 Å². The highest BCUT2D eigenvalue weighted by Gasteiger charge is 2.37. The summed E-state index contributed by atoms with van der Waals surface area (Å²) in [5, 5.41) is 3.02. The number of amides is 3. The van der Waals surface area contributed by atoms with Crippen LogP contribution >= 0.6 is 23.2 Å². The Bertz CT molecular complexity index is 873. The zero-order chi connectivity index (χ0) is 18.8. The summed E-state index contributed by atoms with van der Waals surface area (Å²) in [7, 11) is 1.54. The fourth-order valence-electron chi connectivity index (χ4n) is 2.67. The van der Waals surface area contributed by atoms with Gasteiger partial charge in [-0.25, -0.2) is 0 Å². The van der Waals surface area contributed by atoms with Crippen molar-refractivity contribution in [3.05, 3.63) is 63.1 Å². The lowest BCUT2D eigenvalue weighted by molar-refractivity contribution is -0.121. The Balaban J connectivity index is 1.68. The van der Waals surface area contributed by atoms with Crippen LogP contribution in [-0.2, 0) is 11.3 Å². The largest absolute Gasteiger partial charge is 0.496 e. The van der Waals surface area contributed by atoms with Crippen LogP contribution in [0.2, 0.25) is 10.0 Å². The van der Waals surface area contributed by atoms with E-state index in [1.165, 1.54) is 19.2 Å². The number of methoxy groups -OCH3 is 1. The van der Waals surface area contributed by atoms with Crippen molar-refractivity contribution >= 4 is 40.9 Å². The standard InChI is InChI=1S/C18H14Cl2N2O4/c1-26-15-5-3-2-4-10(15)8-21-16(23)9-22-17(24)11-6-13(19)14(20)7-12(11)18(22)25/h2-7H,8-9H2,1H3,(H,21,23). The minimum Gasteiger partial charge on any atom is -0.496 e. The van der Waals surface area contributed by atoms with Crippen molar-refractivity contribution in [2.45, 2.75) is 6.54 Å². The molecule has 0 fully saturated rings. The minimum absolute atomic E-state index is 0.141. The SMILES string of the molecule is COc1ccccc1CNC(=O)CN1C(=O)c2cc(Cl)c(Cl)cc2C1=O. The summed E-state index contributed by atoms with van der Waals surface area (Å²) >= 11 is 11.8. The maximum absolute atomic E-state index is 12.4. The van der Waals surface area contributed by atoms with Gasteiger partial charge in [-0.3, -0.25) is 19.3 Å². The highest BCUT2D eigenvalue weighted by Crippen LogP contribution is 2.31. The van der Waals surface area contributed by atoms with Crippen LogP contribution in [0.5, 0.6) is 5.75 Å². The molecule has 0 atom stereocenters. The van der Waals surface area contributed by atoms with Crippen LogP contribution in [0.1, 0.15) is 26.3 Å². The highest BCUT2D eigenvalue weighted by atomic mass is 35.5. The molecule has 0 unspecified atom stereocenters. The van der Waals surface area contributed by atoms with Gasteiger partial charge in [0.05, 0.1) is 28.3 Å². The van der Waals surface area contributed by atoms with Gasteiger partial charge in [-0.2, -0.15) is 0 Å². The smallest absolute Gasteiger partial charge is 0.262 e. The van der Waals surface area contributed by atoms with Crippen LogP contribution in [0.25, 0.3) is 0 Å². The zero-order valence-corrected chi connectivity index (χ0v) is 15.2. The average molecular weight is 393 g/mol. The van der Waals surface area contributed by atoms with E-state index in [0.717, 1.165) is 10.5 Å². The van der Waals surface area contributed by atoms with Gasteiger partial charge in [0.25, 0.3) is 11.8 Å². The van der Waals surface area contributed by atoms with Gasteiger partial charge in [-0.05, 0) is 18.2 Å². The Hall–Kier alpha value is -2.57. The number of carbonyl (C=O) groups is 3. The van der Waals surface area contributed by atoms with Gasteiger partial charge < -0.3 is 10.1 Å². The van der Waals surface area contributed by atoms with Gasteiger partial charge >= 0.3 is 0 Å². The van der Waals surface area contributed by atoms with Crippen LogP contribution in [0.15, 0.2) is 36.4 Å². The summed E-state index contributed by atoms with van der Waals surface area (Å²) in [5.74, 6) is -0.979. The molecule has 1 aliphatic heterocycles. The van der Waals surface area contributed by atoms with Crippen LogP contribution in [0, 0.1) is 0 Å². The number of benzene rings is 2. The lowest BCUT2D eigenvalue weighted by atomic mass is 10.1. The zero-order valence-electron chi connectivity index (χ0n) is 13.7. The summed E-state index contributed by atoms with van der Waals surface area (Å²) < 4.78 is 5.21. The summed E-state index contributed by atoms with van der Waals surface area (Å²) in [6.45, 7) is -0.180. The number of nitrogens with zero attached hydrogens (tertiary/aromatic N) is 1. The molecule has 3 rings (SSSR count). The van der Waals surface area contributed by atoms with Crippen molar-refractivity contribution in [2.75, 3.05) is 13.7 Å². The number of nitrogens with one attached hydrogen (secondary N) is 1. The Labute approximate surface area is 159 Å². The molecule has 1 N–H and O–H groups in total. The van der Waals surface area contributed by atoms with Crippen molar-refractivity contribution in [1.82, 2.24) is 10.2 Å². The second-order valence-electron chi connectivity index (χ2n) is 5.60. The van der Waals surface area contributed by atoms with Crippen molar-refractivity contribution in [1.29, 1.82) is 0 Å². The molecule has 2 aromatic carbocycles. The third-order valence-corrected chi connectivity index (χ3v) is 4.70. The number of rotatable bonds is 5. The van der Waals surface area contributed by atoms with E-state index < -0.39 is 24.3 Å². The molecule has 0 saturated heterocycles. The molecule has 0 spiro atoms. The second kappa shape index (κ2) is 7.35. The summed E-state index contributed by atoms with van der Waals surface area (Å²) in [4.78, 5) is 37.8. The Kier molecular flexibility index (Phi) is 5.15. The number of fused-ring (bicyclic) bond motifs is 1. The Morgan fingerprint density at radius 1 is 1.08 bits per heavy atom. The summed E-state index contributed by atoms with van der Waals surface area (Å²) in [5.41, 5.74) is 1.06. The topological polar surface area (TPSA) is 75.7 Å². The molecular formula is C18H14Cl2N2O4. The third kappa shape index (κ3) is 3.38. The first kappa shape index (κ1) is 18.2. The number of para-hydroxylation sites is 1. The van der Waals surface area contributed by atoms with Crippen LogP contribution in [0.3, 0.4) is 0 Å². The first-order chi connectivity index (χ1) is 12.4. The van der Waals surface area contributed by atoms with Crippen LogP contribution in [-0.4, -0.2) is 36.3 Å². The second-order valence-corrected chi connectivity index (χ2v) is 6.41. The maximum atomic E-state index is 12.4. The number of halogens is 2. The quantitative estimate of drug-likeness (QED) is 0.793. The molecule has 26 heavy (non-hydrogen) atoms. The van der Waals surface area contributed by atoms with Gasteiger partial charge in [-0.1, -0.05) is 41.4 Å². The molecule has 0 radical (unpaired) electrons. The predicted octanol–water partition coefficient (Wildman–Crippen LogP) is 2.91. The molecule has 6 nitrogen and oxygen atoms in total. The number of hydrogen-bond donors (Lipinski definition) is 1. The first-order valence-corrected chi connectivity index (χ1v) is 8.41. The summed E-state index contributed by atoms with van der Waals surface area (Å²) in [6, 6.07) is 9.91. The molecule has 0 saturated carbocycles. The molecule has 0 aromatic heterocycles. The fourth-order valence-corrected chi connectivity index (χ4v) is 3.00. The van der Waals surface area contributed by atoms with E-state index in [0.29, 0.717) is 5.75 Å². The Morgan fingerprint density at radius 3 is 2.23 bits per heavy atom. The molecule has 134 valence electrons. The van der Waals surface area contributed by atoms with E-state index >= 15 is 0 Å². The molecule has 0 bridgehead atoms. The Morgan fingerprint density at radius 2 is 1.65 bits per heavy atom. The monoisotopic (exact) mass is 392 g/mol. The third-order valence-electron chi connectivity index (χ3n) is 3.98. The predicted molar refractivity (Wildman–Crippen MR) is 96.7 cm³/mol. The molecule has 1 heterocycles. The van der Waals surface area contributed by atoms with Crippen molar-refractivity contribution < 1.29 is 19.1 Å². The van der Waals surface area contributed by atoms with E-state index in [9.17, 15) is 14.4 Å². The molecule has 8 heteroatoms. The number of ether oxygens (including phenoxy) is 1. The van der Waals surface area contributed by atoms with Crippen molar-refractivity contribution in [2.24, 2.45) is 0 Å². The maximum Gasteiger partial charge on any atom is 0.262 e. The molecule has 3 amide bonds. The highest BCUT2D eigenvalue weighted by molar-refractivity contribution is 6.43. The van der Waals surface area contributed by atoms with E-state index in [1.807, 2.05) is 18.2 Å². The molecular weight excluding hydrogens is 379 g/mol. The lowest BCUT2D eigenvalue weighted by Crippen LogP contribution is -2.40. The van der Waals surface area contributed by atoms with Crippen LogP contribution < -0.4 is 10.1 Å². The summed E-state index contributed by atoms with van der Waals surface area (Å²) in [6.07, 6.45) is 0. The van der Waals surface area contributed by atoms with Crippen molar-refractivity contribution in [3.63, 3.8) is 0 Å².